The molecule has 0 saturated carbocycles. The Hall–Kier alpha value is -5.60. The Kier molecular flexibility index (Phi) is 5.89. The quantitative estimate of drug-likeness (QED) is 0.206. The molecule has 0 N–H and O–H groups in total. The van der Waals surface area contributed by atoms with E-state index in [0.717, 1.165) is 41.4 Å². The number of anilines is 3. The van der Waals surface area contributed by atoms with E-state index in [2.05, 4.69) is 169 Å². The molecule has 2 aliphatic carbocycles. The van der Waals surface area contributed by atoms with Crippen LogP contribution in [0.25, 0.3) is 16.7 Å². The van der Waals surface area contributed by atoms with Gasteiger partial charge in [-0.15, -0.1) is 0 Å². The van der Waals surface area contributed by atoms with E-state index in [9.17, 15) is 0 Å². The van der Waals surface area contributed by atoms with Crippen LogP contribution in [0.1, 0.15) is 40.7 Å². The Bertz CT molecular complexity index is 2100. The van der Waals surface area contributed by atoms with Gasteiger partial charge in [-0.2, -0.15) is 0 Å². The van der Waals surface area contributed by atoms with Crippen LogP contribution in [0, 0.1) is 0 Å². The molecule has 1 aliphatic heterocycles. The molecule has 0 fully saturated rings. The second-order valence-electron chi connectivity index (χ2n) is 12.0. The molecule has 1 unspecified atom stereocenters. The minimum Gasteiger partial charge on any atom is -0.457 e. The topological polar surface area (TPSA) is 12.5 Å². The van der Waals surface area contributed by atoms with Gasteiger partial charge in [-0.3, -0.25) is 0 Å². The molecule has 3 aliphatic rings. The maximum atomic E-state index is 6.67. The lowest BCUT2D eigenvalue weighted by Crippen LogP contribution is -2.32. The van der Waals surface area contributed by atoms with Crippen LogP contribution in [0.15, 0.2) is 164 Å². The Balaban J connectivity index is 1.32. The van der Waals surface area contributed by atoms with Gasteiger partial charge in [-0.05, 0) is 101 Å². The first-order chi connectivity index (χ1) is 22.3. The van der Waals surface area contributed by atoms with Crippen LogP contribution in [0.2, 0.25) is 0 Å². The van der Waals surface area contributed by atoms with Crippen LogP contribution < -0.4 is 9.64 Å². The summed E-state index contributed by atoms with van der Waals surface area (Å²) in [5, 5.41) is 0. The van der Waals surface area contributed by atoms with Gasteiger partial charge in [0, 0.05) is 28.2 Å². The number of fused-ring (bicyclic) bond motifs is 9. The normalized spacial score (nSPS) is 17.0. The lowest BCUT2D eigenvalue weighted by atomic mass is 9.65. The van der Waals surface area contributed by atoms with E-state index < -0.39 is 5.41 Å². The first kappa shape index (κ1) is 25.9. The van der Waals surface area contributed by atoms with Gasteiger partial charge in [0.25, 0.3) is 0 Å². The molecule has 6 aromatic carbocycles. The number of allylic oxidation sites excluding steroid dienone is 4. The van der Waals surface area contributed by atoms with Gasteiger partial charge in [0.05, 0.1) is 5.41 Å². The fourth-order valence-corrected chi connectivity index (χ4v) is 7.64. The number of para-hydroxylation sites is 3. The lowest BCUT2D eigenvalue weighted by Gasteiger charge is -2.39. The predicted octanol–water partition coefficient (Wildman–Crippen LogP) is 11.4. The van der Waals surface area contributed by atoms with E-state index in [1.54, 1.807) is 0 Å². The molecule has 45 heavy (non-hydrogen) atoms. The number of benzene rings is 6. The van der Waals surface area contributed by atoms with Crippen molar-refractivity contribution in [2.75, 3.05) is 4.90 Å². The third kappa shape index (κ3) is 3.89. The summed E-state index contributed by atoms with van der Waals surface area (Å²) in [5.74, 6) is 1.83. The minimum absolute atomic E-state index is 0.506. The average Bonchev–Trinajstić information content (AvgIpc) is 3.40. The smallest absolute Gasteiger partial charge is 0.132 e. The van der Waals surface area contributed by atoms with Gasteiger partial charge in [0.2, 0.25) is 0 Å². The SMILES string of the molecule is C1=CC(c2ccc3c(c2)C2(c4ccccc4O3)c3ccccc3-c3cc(N(c4ccccc4)c4ccccc4)ccc32)=CCC1. The molecule has 0 amide bonds. The number of ether oxygens (including phenoxy) is 1. The summed E-state index contributed by atoms with van der Waals surface area (Å²) in [6.45, 7) is 0. The van der Waals surface area contributed by atoms with Gasteiger partial charge in [-0.25, -0.2) is 0 Å². The molecule has 6 aromatic rings. The highest BCUT2D eigenvalue weighted by molar-refractivity contribution is 5.92. The van der Waals surface area contributed by atoms with Crippen LogP contribution >= 0.6 is 0 Å². The van der Waals surface area contributed by atoms with Crippen molar-refractivity contribution in [3.63, 3.8) is 0 Å². The molecule has 0 radical (unpaired) electrons. The Morgan fingerprint density at radius 3 is 1.91 bits per heavy atom. The van der Waals surface area contributed by atoms with Crippen molar-refractivity contribution < 1.29 is 4.74 Å². The van der Waals surface area contributed by atoms with Gasteiger partial charge < -0.3 is 9.64 Å². The first-order valence-electron chi connectivity index (χ1n) is 15.8. The van der Waals surface area contributed by atoms with Crippen molar-refractivity contribution in [3.8, 4) is 22.6 Å². The molecule has 2 heteroatoms. The molecular formula is C43H31NO. The van der Waals surface area contributed by atoms with Crippen molar-refractivity contribution in [2.24, 2.45) is 0 Å². The molecule has 214 valence electrons. The molecular weight excluding hydrogens is 546 g/mol. The highest BCUT2D eigenvalue weighted by Crippen LogP contribution is 2.62. The van der Waals surface area contributed by atoms with Crippen LogP contribution in [0.3, 0.4) is 0 Å². The molecule has 2 nitrogen and oxygen atoms in total. The zero-order chi connectivity index (χ0) is 29.8. The van der Waals surface area contributed by atoms with Gasteiger partial charge in [-0.1, -0.05) is 109 Å². The average molecular weight is 578 g/mol. The highest BCUT2D eigenvalue weighted by atomic mass is 16.5. The second-order valence-corrected chi connectivity index (χ2v) is 12.0. The van der Waals surface area contributed by atoms with Crippen molar-refractivity contribution in [1.29, 1.82) is 0 Å². The standard InChI is InChI=1S/C43H31NO/c1-4-14-30(15-5-1)31-24-27-42-40(28-31)43(39-22-12-13-23-41(39)45-42)37-21-11-10-20-35(37)36-29-34(25-26-38(36)43)44(32-16-6-2-7-17-32)33-18-8-3-9-19-33/h2-4,6-29H,1,5H2. The summed E-state index contributed by atoms with van der Waals surface area (Å²) in [5.41, 5.74) is 12.9. The Morgan fingerprint density at radius 1 is 0.489 bits per heavy atom. The monoisotopic (exact) mass is 577 g/mol. The van der Waals surface area contributed by atoms with Gasteiger partial charge in [0.15, 0.2) is 0 Å². The zero-order valence-corrected chi connectivity index (χ0v) is 24.9. The predicted molar refractivity (Wildman–Crippen MR) is 185 cm³/mol. The van der Waals surface area contributed by atoms with E-state index in [1.807, 2.05) is 0 Å². The highest BCUT2D eigenvalue weighted by Gasteiger charge is 2.51. The molecule has 0 saturated heterocycles. The maximum Gasteiger partial charge on any atom is 0.132 e. The van der Waals surface area contributed by atoms with Crippen molar-refractivity contribution in [3.05, 3.63) is 192 Å². The summed E-state index contributed by atoms with van der Waals surface area (Å²) < 4.78 is 6.67. The lowest BCUT2D eigenvalue weighted by molar-refractivity contribution is 0.436. The van der Waals surface area contributed by atoms with Crippen LogP contribution in [-0.2, 0) is 5.41 Å². The third-order valence-electron chi connectivity index (χ3n) is 9.54. The summed E-state index contributed by atoms with van der Waals surface area (Å²) in [4.78, 5) is 2.35. The summed E-state index contributed by atoms with van der Waals surface area (Å²) in [7, 11) is 0. The molecule has 1 spiro atoms. The summed E-state index contributed by atoms with van der Waals surface area (Å²) in [6.07, 6.45) is 9.07. The van der Waals surface area contributed by atoms with E-state index in [0.29, 0.717) is 0 Å². The first-order valence-corrected chi connectivity index (χ1v) is 15.8. The maximum absolute atomic E-state index is 6.67. The number of rotatable bonds is 4. The number of hydrogen-bond acceptors (Lipinski definition) is 2. The van der Waals surface area contributed by atoms with Crippen molar-refractivity contribution in [1.82, 2.24) is 0 Å². The van der Waals surface area contributed by atoms with Crippen LogP contribution in [0.5, 0.6) is 11.5 Å². The summed E-state index contributed by atoms with van der Waals surface area (Å²) in [6, 6.07) is 52.6. The van der Waals surface area contributed by atoms with Crippen molar-refractivity contribution in [2.45, 2.75) is 18.3 Å². The fraction of sp³-hybridized carbons (Fsp3) is 0.0698. The van der Waals surface area contributed by atoms with E-state index in [-0.39, 0.29) is 0 Å². The van der Waals surface area contributed by atoms with E-state index in [4.69, 9.17) is 4.74 Å². The molecule has 0 bridgehead atoms. The number of hydrogen-bond donors (Lipinski definition) is 0. The van der Waals surface area contributed by atoms with Crippen LogP contribution in [-0.4, -0.2) is 0 Å². The van der Waals surface area contributed by atoms with E-state index >= 15 is 0 Å². The molecule has 1 atom stereocenters. The van der Waals surface area contributed by atoms with Crippen molar-refractivity contribution >= 4 is 22.6 Å². The van der Waals surface area contributed by atoms with E-state index in [1.165, 1.54) is 44.5 Å². The fourth-order valence-electron chi connectivity index (χ4n) is 7.64. The van der Waals surface area contributed by atoms with Crippen LogP contribution in [0.4, 0.5) is 17.1 Å². The molecule has 1 heterocycles. The Labute approximate surface area is 264 Å². The minimum atomic E-state index is -0.506. The largest absolute Gasteiger partial charge is 0.457 e. The van der Waals surface area contributed by atoms with Gasteiger partial charge >= 0.3 is 0 Å². The Morgan fingerprint density at radius 2 is 1.16 bits per heavy atom. The summed E-state index contributed by atoms with van der Waals surface area (Å²) >= 11 is 0. The number of nitrogens with zero attached hydrogens (tertiary/aromatic N) is 1. The molecule has 0 aromatic heterocycles. The third-order valence-corrected chi connectivity index (χ3v) is 9.54. The zero-order valence-electron chi connectivity index (χ0n) is 24.9. The van der Waals surface area contributed by atoms with Gasteiger partial charge in [0.1, 0.15) is 11.5 Å². The molecule has 9 rings (SSSR count). The second kappa shape index (κ2) is 10.2.